The highest BCUT2D eigenvalue weighted by Gasteiger charge is 2.42. The molecule has 1 aliphatic heterocycles. The minimum Gasteiger partial charge on any atom is -0.339 e. The molecule has 1 aromatic carbocycles. The smallest absolute Gasteiger partial charge is 0.248 e. The van der Waals surface area contributed by atoms with E-state index in [2.05, 4.69) is 20.1 Å². The zero-order chi connectivity index (χ0) is 18.3. The molecule has 1 saturated heterocycles. The molecule has 3 heterocycles. The zero-order valence-corrected chi connectivity index (χ0v) is 13.9. The molecule has 0 atom stereocenters. The Kier molecular flexibility index (Phi) is 3.96. The average molecular weight is 379 g/mol. The molecule has 0 saturated carbocycles. The molecule has 3 aromatic rings. The second kappa shape index (κ2) is 6.18. The number of aromatic nitrogens is 4. The maximum atomic E-state index is 13.8. The van der Waals surface area contributed by atoms with Gasteiger partial charge in [-0.25, -0.2) is 22.2 Å². The van der Waals surface area contributed by atoms with Crippen molar-refractivity contribution in [2.45, 2.75) is 10.8 Å². The standard InChI is InChI=1S/C15H11F2N5O3S/c16-10-2-1-3-11(17)13(10)26(23,24)22-7-9(8-22)15-20-14(21-25-15)12-6-18-4-5-19-12/h1-6,9H,7-8H2. The first-order valence-electron chi connectivity index (χ1n) is 7.51. The van der Waals surface area contributed by atoms with E-state index < -0.39 is 26.6 Å². The summed E-state index contributed by atoms with van der Waals surface area (Å²) in [6.45, 7) is -0.0313. The van der Waals surface area contributed by atoms with Gasteiger partial charge in [0.05, 0.1) is 12.1 Å². The molecular weight excluding hydrogens is 368 g/mol. The third-order valence-electron chi connectivity index (χ3n) is 3.95. The Morgan fingerprint density at radius 3 is 2.54 bits per heavy atom. The molecular formula is C15H11F2N5O3S. The van der Waals surface area contributed by atoms with Gasteiger partial charge in [0.2, 0.25) is 21.7 Å². The van der Waals surface area contributed by atoms with Crippen molar-refractivity contribution in [3.63, 3.8) is 0 Å². The van der Waals surface area contributed by atoms with Gasteiger partial charge >= 0.3 is 0 Å². The molecule has 0 spiro atoms. The molecule has 0 bridgehead atoms. The summed E-state index contributed by atoms with van der Waals surface area (Å²) < 4.78 is 58.5. The van der Waals surface area contributed by atoms with Crippen molar-refractivity contribution < 1.29 is 21.7 Å². The van der Waals surface area contributed by atoms with E-state index in [4.69, 9.17) is 4.52 Å². The van der Waals surface area contributed by atoms with Crippen LogP contribution in [0.25, 0.3) is 11.5 Å². The van der Waals surface area contributed by atoms with Crippen molar-refractivity contribution in [2.75, 3.05) is 13.1 Å². The highest BCUT2D eigenvalue weighted by Crippen LogP contribution is 2.33. The van der Waals surface area contributed by atoms with Crippen molar-refractivity contribution in [1.29, 1.82) is 0 Å². The lowest BCUT2D eigenvalue weighted by atomic mass is 10.0. The molecule has 4 rings (SSSR count). The van der Waals surface area contributed by atoms with Crippen LogP contribution in [0.15, 0.2) is 46.2 Å². The first-order chi connectivity index (χ1) is 12.5. The largest absolute Gasteiger partial charge is 0.339 e. The molecule has 11 heteroatoms. The Balaban J connectivity index is 1.52. The van der Waals surface area contributed by atoms with Crippen molar-refractivity contribution in [1.82, 2.24) is 24.4 Å². The monoisotopic (exact) mass is 379 g/mol. The predicted molar refractivity (Wildman–Crippen MR) is 83.2 cm³/mol. The second-order valence-corrected chi connectivity index (χ2v) is 7.49. The molecule has 26 heavy (non-hydrogen) atoms. The van der Waals surface area contributed by atoms with E-state index in [1.807, 2.05) is 0 Å². The van der Waals surface area contributed by atoms with Crippen LogP contribution in [0, 0.1) is 11.6 Å². The molecule has 8 nitrogen and oxygen atoms in total. The number of rotatable bonds is 4. The van der Waals surface area contributed by atoms with Crippen LogP contribution >= 0.6 is 0 Å². The van der Waals surface area contributed by atoms with Crippen LogP contribution in [-0.2, 0) is 10.0 Å². The molecule has 1 fully saturated rings. The highest BCUT2D eigenvalue weighted by molar-refractivity contribution is 7.89. The third-order valence-corrected chi connectivity index (χ3v) is 5.83. The van der Waals surface area contributed by atoms with Crippen LogP contribution in [0.3, 0.4) is 0 Å². The number of hydrogen-bond donors (Lipinski definition) is 0. The van der Waals surface area contributed by atoms with Gasteiger partial charge in [0, 0.05) is 25.5 Å². The summed E-state index contributed by atoms with van der Waals surface area (Å²) in [5.74, 6) is -2.16. The Labute approximate surface area is 146 Å². The average Bonchev–Trinajstić information content (AvgIpc) is 3.03. The lowest BCUT2D eigenvalue weighted by Gasteiger charge is -2.35. The second-order valence-electron chi connectivity index (χ2n) is 5.62. The molecule has 0 aliphatic carbocycles. The van der Waals surface area contributed by atoms with Crippen LogP contribution < -0.4 is 0 Å². The topological polar surface area (TPSA) is 102 Å². The van der Waals surface area contributed by atoms with E-state index in [1.165, 1.54) is 18.6 Å². The minimum atomic E-state index is -4.28. The molecule has 0 unspecified atom stereocenters. The molecule has 0 radical (unpaired) electrons. The number of benzene rings is 1. The van der Waals surface area contributed by atoms with Crippen LogP contribution in [-0.4, -0.2) is 45.9 Å². The summed E-state index contributed by atoms with van der Waals surface area (Å²) in [5, 5.41) is 3.79. The van der Waals surface area contributed by atoms with E-state index in [-0.39, 0.29) is 30.7 Å². The fourth-order valence-electron chi connectivity index (χ4n) is 2.57. The Hall–Kier alpha value is -2.79. The lowest BCUT2D eigenvalue weighted by Crippen LogP contribution is -2.48. The molecule has 0 amide bonds. The van der Waals surface area contributed by atoms with Gasteiger partial charge in [0.15, 0.2) is 4.90 Å². The normalized spacial score (nSPS) is 15.8. The van der Waals surface area contributed by atoms with Gasteiger partial charge < -0.3 is 4.52 Å². The summed E-state index contributed by atoms with van der Waals surface area (Å²) in [5.41, 5.74) is 0.416. The summed E-state index contributed by atoms with van der Waals surface area (Å²) in [6.07, 6.45) is 4.44. The van der Waals surface area contributed by atoms with E-state index in [9.17, 15) is 17.2 Å². The maximum absolute atomic E-state index is 13.8. The van der Waals surface area contributed by atoms with Crippen molar-refractivity contribution >= 4 is 10.0 Å². The van der Waals surface area contributed by atoms with Gasteiger partial charge in [-0.1, -0.05) is 11.2 Å². The van der Waals surface area contributed by atoms with Gasteiger partial charge in [0.25, 0.3) is 0 Å². The van der Waals surface area contributed by atoms with Gasteiger partial charge in [-0.05, 0) is 12.1 Å². The summed E-state index contributed by atoms with van der Waals surface area (Å²) in [7, 11) is -4.28. The quantitative estimate of drug-likeness (QED) is 0.678. The van der Waals surface area contributed by atoms with E-state index >= 15 is 0 Å². The van der Waals surface area contributed by atoms with Crippen molar-refractivity contribution in [2.24, 2.45) is 0 Å². The van der Waals surface area contributed by atoms with Gasteiger partial charge in [0.1, 0.15) is 17.3 Å². The SMILES string of the molecule is O=S(=O)(c1c(F)cccc1F)N1CC(c2nc(-c3cnccn3)no2)C1. The van der Waals surface area contributed by atoms with Gasteiger partial charge in [-0.2, -0.15) is 9.29 Å². The van der Waals surface area contributed by atoms with Crippen molar-refractivity contribution in [3.8, 4) is 11.5 Å². The molecule has 0 N–H and O–H groups in total. The third kappa shape index (κ3) is 2.74. The molecule has 1 aliphatic rings. The first-order valence-corrected chi connectivity index (χ1v) is 8.95. The predicted octanol–water partition coefficient (Wildman–Crippen LogP) is 1.59. The molecule has 2 aromatic heterocycles. The lowest BCUT2D eigenvalue weighted by molar-refractivity contribution is 0.215. The first kappa shape index (κ1) is 16.7. The Bertz CT molecular complexity index is 1030. The summed E-state index contributed by atoms with van der Waals surface area (Å²) in [4.78, 5) is 11.2. The highest BCUT2D eigenvalue weighted by atomic mass is 32.2. The number of sulfonamides is 1. The summed E-state index contributed by atoms with van der Waals surface area (Å²) in [6, 6.07) is 2.91. The molecule has 134 valence electrons. The maximum Gasteiger partial charge on any atom is 0.248 e. The number of halogens is 2. The fourth-order valence-corrected chi connectivity index (χ4v) is 4.21. The van der Waals surface area contributed by atoms with Crippen molar-refractivity contribution in [3.05, 3.63) is 54.3 Å². The Morgan fingerprint density at radius 2 is 1.88 bits per heavy atom. The van der Waals surface area contributed by atoms with E-state index in [1.54, 1.807) is 0 Å². The van der Waals surface area contributed by atoms with Gasteiger partial charge in [-0.3, -0.25) is 4.98 Å². The number of hydrogen-bond acceptors (Lipinski definition) is 7. The fraction of sp³-hybridized carbons (Fsp3) is 0.200. The van der Waals surface area contributed by atoms with Crippen LogP contribution in [0.4, 0.5) is 8.78 Å². The number of nitrogens with zero attached hydrogens (tertiary/aromatic N) is 5. The van der Waals surface area contributed by atoms with Gasteiger partial charge in [-0.15, -0.1) is 0 Å². The van der Waals surface area contributed by atoms with E-state index in [0.717, 1.165) is 22.5 Å². The van der Waals surface area contributed by atoms with Crippen LogP contribution in [0.1, 0.15) is 11.8 Å². The zero-order valence-electron chi connectivity index (χ0n) is 13.1. The Morgan fingerprint density at radius 1 is 1.15 bits per heavy atom. The van der Waals surface area contributed by atoms with Crippen LogP contribution in [0.2, 0.25) is 0 Å². The van der Waals surface area contributed by atoms with Crippen LogP contribution in [0.5, 0.6) is 0 Å². The summed E-state index contributed by atoms with van der Waals surface area (Å²) >= 11 is 0. The van der Waals surface area contributed by atoms with E-state index in [0.29, 0.717) is 5.69 Å². The minimum absolute atomic E-state index is 0.0157.